The van der Waals surface area contributed by atoms with Crippen LogP contribution in [0.15, 0.2) is 29.2 Å². The van der Waals surface area contributed by atoms with E-state index in [9.17, 15) is 8.42 Å². The van der Waals surface area contributed by atoms with Crippen LogP contribution in [-0.2, 0) is 9.84 Å². The molecule has 1 aromatic carbocycles. The topological polar surface area (TPSA) is 38.5 Å². The van der Waals surface area contributed by atoms with E-state index in [1.807, 2.05) is 20.8 Å². The van der Waals surface area contributed by atoms with Gasteiger partial charge in [0.15, 0.2) is 0 Å². The second kappa shape index (κ2) is 5.33. The lowest BCUT2D eigenvalue weighted by atomic mass is 10.1. The van der Waals surface area contributed by atoms with Crippen molar-refractivity contribution in [1.82, 2.24) is 0 Å². The molecule has 1 aromatic rings. The predicted molar refractivity (Wildman–Crippen MR) is 68.2 cm³/mol. The van der Waals surface area contributed by atoms with Gasteiger partial charge in [0.05, 0.1) is 4.90 Å². The molecular weight excluding hydrogens is 234 g/mol. The van der Waals surface area contributed by atoms with Crippen molar-refractivity contribution in [2.45, 2.75) is 37.5 Å². The Morgan fingerprint density at radius 3 is 2.18 bits per heavy atom. The van der Waals surface area contributed by atoms with Gasteiger partial charge in [-0.05, 0) is 25.0 Å². The SMILES string of the molecule is [C-]#[N+]C(CC(C)C)S(=O)(=O)c1ccc(C)cc1. The minimum atomic E-state index is -3.52. The Labute approximate surface area is 103 Å². The molecule has 1 unspecified atom stereocenters. The molecule has 0 aliphatic rings. The van der Waals surface area contributed by atoms with Gasteiger partial charge in [0.2, 0.25) is 0 Å². The molecule has 0 saturated heterocycles. The zero-order valence-corrected chi connectivity index (χ0v) is 11.2. The van der Waals surface area contributed by atoms with Crippen molar-refractivity contribution in [3.8, 4) is 0 Å². The highest BCUT2D eigenvalue weighted by molar-refractivity contribution is 7.92. The molecule has 0 amide bonds. The molecule has 92 valence electrons. The molecule has 0 bridgehead atoms. The molecule has 1 atom stereocenters. The van der Waals surface area contributed by atoms with E-state index in [0.29, 0.717) is 6.42 Å². The number of benzene rings is 1. The lowest BCUT2D eigenvalue weighted by Gasteiger charge is -2.09. The maximum Gasteiger partial charge on any atom is 0.325 e. The molecule has 0 aliphatic carbocycles. The summed E-state index contributed by atoms with van der Waals surface area (Å²) in [5.74, 6) is 0.189. The fourth-order valence-electron chi connectivity index (χ4n) is 1.54. The van der Waals surface area contributed by atoms with Crippen LogP contribution in [0.4, 0.5) is 0 Å². The zero-order chi connectivity index (χ0) is 13.1. The molecule has 17 heavy (non-hydrogen) atoms. The van der Waals surface area contributed by atoms with Crippen LogP contribution >= 0.6 is 0 Å². The molecule has 4 heteroatoms. The highest BCUT2D eigenvalue weighted by Gasteiger charge is 2.32. The van der Waals surface area contributed by atoms with Crippen molar-refractivity contribution in [2.24, 2.45) is 5.92 Å². The lowest BCUT2D eigenvalue weighted by molar-refractivity contribution is 0.549. The van der Waals surface area contributed by atoms with Gasteiger partial charge in [-0.25, -0.2) is 15.0 Å². The van der Waals surface area contributed by atoms with Gasteiger partial charge in [-0.15, -0.1) is 0 Å². The van der Waals surface area contributed by atoms with Crippen LogP contribution in [0.1, 0.15) is 25.8 Å². The maximum absolute atomic E-state index is 12.2. The van der Waals surface area contributed by atoms with E-state index < -0.39 is 15.2 Å². The summed E-state index contributed by atoms with van der Waals surface area (Å²) in [5.41, 5.74) is 1.01. The van der Waals surface area contributed by atoms with E-state index in [1.165, 1.54) is 0 Å². The van der Waals surface area contributed by atoms with E-state index in [2.05, 4.69) is 4.85 Å². The monoisotopic (exact) mass is 251 g/mol. The normalized spacial score (nSPS) is 13.4. The lowest BCUT2D eigenvalue weighted by Crippen LogP contribution is -2.19. The molecule has 0 heterocycles. The summed E-state index contributed by atoms with van der Waals surface area (Å²) in [6.45, 7) is 12.8. The Kier molecular flexibility index (Phi) is 4.30. The third-order valence-electron chi connectivity index (χ3n) is 2.52. The van der Waals surface area contributed by atoms with Crippen molar-refractivity contribution in [1.29, 1.82) is 0 Å². The summed E-state index contributed by atoms with van der Waals surface area (Å²) in [4.78, 5) is 3.50. The molecule has 0 radical (unpaired) electrons. The largest absolute Gasteiger partial charge is 0.325 e. The maximum atomic E-state index is 12.2. The fraction of sp³-hybridized carbons (Fsp3) is 0.462. The van der Waals surface area contributed by atoms with Crippen molar-refractivity contribution >= 4 is 9.84 Å². The quantitative estimate of drug-likeness (QED) is 0.771. The van der Waals surface area contributed by atoms with Crippen LogP contribution in [0.5, 0.6) is 0 Å². The van der Waals surface area contributed by atoms with E-state index >= 15 is 0 Å². The van der Waals surface area contributed by atoms with E-state index in [0.717, 1.165) is 5.56 Å². The number of aryl methyl sites for hydroxylation is 1. The molecule has 1 rings (SSSR count). The number of hydrogen-bond donors (Lipinski definition) is 0. The number of hydrogen-bond acceptors (Lipinski definition) is 2. The van der Waals surface area contributed by atoms with Crippen molar-refractivity contribution in [3.63, 3.8) is 0 Å². The average Bonchev–Trinajstić information content (AvgIpc) is 2.26. The van der Waals surface area contributed by atoms with E-state index in [1.54, 1.807) is 24.3 Å². The van der Waals surface area contributed by atoms with Crippen molar-refractivity contribution in [2.75, 3.05) is 0 Å². The van der Waals surface area contributed by atoms with Gasteiger partial charge in [-0.3, -0.25) is 4.85 Å². The Balaban J connectivity index is 3.10. The molecular formula is C13H17NO2S. The first-order chi connectivity index (χ1) is 7.87. The fourth-order valence-corrected chi connectivity index (χ4v) is 3.14. The minimum Gasteiger partial charge on any atom is -0.296 e. The molecule has 0 N–H and O–H groups in total. The minimum absolute atomic E-state index is 0.189. The third kappa shape index (κ3) is 3.31. The summed E-state index contributed by atoms with van der Waals surface area (Å²) in [7, 11) is -3.52. The molecule has 0 aromatic heterocycles. The molecule has 3 nitrogen and oxygen atoms in total. The smallest absolute Gasteiger partial charge is 0.296 e. The van der Waals surface area contributed by atoms with Gasteiger partial charge >= 0.3 is 5.37 Å². The first-order valence-electron chi connectivity index (χ1n) is 5.55. The molecule has 0 spiro atoms. The standard InChI is InChI=1S/C13H17NO2S/c1-10(2)9-13(14-4)17(15,16)12-7-5-11(3)6-8-12/h5-8,10,13H,9H2,1-3H3. The van der Waals surface area contributed by atoms with Gasteiger partial charge in [-0.2, -0.15) is 0 Å². The second-order valence-electron chi connectivity index (χ2n) is 4.57. The highest BCUT2D eigenvalue weighted by atomic mass is 32.2. The van der Waals surface area contributed by atoms with Crippen LogP contribution in [0.2, 0.25) is 0 Å². The average molecular weight is 251 g/mol. The Bertz CT molecular complexity index is 509. The first kappa shape index (κ1) is 13.7. The van der Waals surface area contributed by atoms with Gasteiger partial charge in [0.1, 0.15) is 0 Å². The summed E-state index contributed by atoms with van der Waals surface area (Å²) in [6.07, 6.45) is 0.375. The Hall–Kier alpha value is -1.34. The summed E-state index contributed by atoms with van der Waals surface area (Å²) in [5, 5.41) is -0.967. The van der Waals surface area contributed by atoms with Gasteiger partial charge in [-0.1, -0.05) is 31.5 Å². The van der Waals surface area contributed by atoms with Gasteiger partial charge in [0.25, 0.3) is 9.84 Å². The second-order valence-corrected chi connectivity index (χ2v) is 6.68. The Morgan fingerprint density at radius 2 is 1.76 bits per heavy atom. The molecule has 0 saturated carbocycles. The summed E-state index contributed by atoms with van der Waals surface area (Å²) >= 11 is 0. The first-order valence-corrected chi connectivity index (χ1v) is 7.09. The summed E-state index contributed by atoms with van der Waals surface area (Å²) < 4.78 is 24.4. The summed E-state index contributed by atoms with van der Waals surface area (Å²) in [6, 6.07) is 6.65. The van der Waals surface area contributed by atoms with Crippen molar-refractivity contribution < 1.29 is 8.42 Å². The van der Waals surface area contributed by atoms with E-state index in [4.69, 9.17) is 6.57 Å². The molecule has 0 fully saturated rings. The zero-order valence-electron chi connectivity index (χ0n) is 10.3. The van der Waals surface area contributed by atoms with Crippen LogP contribution < -0.4 is 0 Å². The number of sulfone groups is 1. The van der Waals surface area contributed by atoms with Gasteiger partial charge in [0, 0.05) is 6.42 Å². The van der Waals surface area contributed by atoms with Crippen molar-refractivity contribution in [3.05, 3.63) is 41.2 Å². The van der Waals surface area contributed by atoms with Crippen LogP contribution in [0.25, 0.3) is 4.85 Å². The molecule has 0 aliphatic heterocycles. The van der Waals surface area contributed by atoms with Crippen LogP contribution in [-0.4, -0.2) is 13.8 Å². The van der Waals surface area contributed by atoms with Crippen LogP contribution in [0.3, 0.4) is 0 Å². The number of nitrogens with zero attached hydrogens (tertiary/aromatic N) is 1. The van der Waals surface area contributed by atoms with Gasteiger partial charge < -0.3 is 0 Å². The number of rotatable bonds is 4. The highest BCUT2D eigenvalue weighted by Crippen LogP contribution is 2.22. The predicted octanol–water partition coefficient (Wildman–Crippen LogP) is 3.06. The Morgan fingerprint density at radius 1 is 1.24 bits per heavy atom. The van der Waals surface area contributed by atoms with E-state index in [-0.39, 0.29) is 10.8 Å². The third-order valence-corrected chi connectivity index (χ3v) is 4.47. The van der Waals surface area contributed by atoms with Crippen LogP contribution in [0, 0.1) is 19.4 Å².